The third kappa shape index (κ3) is 4.25. The molecular formula is C38H56O12. The molecule has 0 aromatic rings. The highest BCUT2D eigenvalue weighted by Gasteiger charge is 2.86. The van der Waals surface area contributed by atoms with Crippen LogP contribution in [-0.4, -0.2) is 110 Å². The Hall–Kier alpha value is -1.48. The largest absolute Gasteiger partial charge is 0.462 e. The lowest BCUT2D eigenvalue weighted by Crippen LogP contribution is -2.62. The Bertz CT molecular complexity index is 1510. The van der Waals surface area contributed by atoms with Crippen LogP contribution in [0.15, 0.2) is 11.6 Å². The SMILES string of the molecule is CC(=O)O[C@@H]1C[C@@]23C[C@@]24CC[C@H](O[C@@H]2O[C@H](CO)[C@H](O)[C@H](O)[C@H]2O)C(C)(C)[C@@H]4CC=C3[C@]2(C)C[C@]3(O)O[C@H](C(=O)[C@H]4OC4(C)C)[C@@H](C)[C@@H]3[C@@]12C. The summed E-state index contributed by atoms with van der Waals surface area (Å²) in [5.41, 5.74) is -1.28. The third-order valence-electron chi connectivity index (χ3n) is 15.8. The van der Waals surface area contributed by atoms with E-state index < -0.39 is 89.2 Å². The van der Waals surface area contributed by atoms with Crippen LogP contribution in [0.2, 0.25) is 0 Å². The Morgan fingerprint density at radius 3 is 2.28 bits per heavy atom. The zero-order chi connectivity index (χ0) is 36.4. The van der Waals surface area contributed by atoms with Crippen LogP contribution in [-0.2, 0) is 33.3 Å². The van der Waals surface area contributed by atoms with Gasteiger partial charge >= 0.3 is 5.97 Å². The van der Waals surface area contributed by atoms with Crippen molar-refractivity contribution in [2.24, 2.45) is 44.8 Å². The summed E-state index contributed by atoms with van der Waals surface area (Å²) in [7, 11) is 0. The number of allylic oxidation sites excluding steroid dienone is 2. The lowest BCUT2D eigenvalue weighted by molar-refractivity contribution is -0.325. The summed E-state index contributed by atoms with van der Waals surface area (Å²) < 4.78 is 30.7. The number of aliphatic hydroxyl groups excluding tert-OH is 4. The zero-order valence-electron chi connectivity index (χ0n) is 30.5. The number of Topliss-reactive ketones (excluding diaryl/α,β-unsaturated/α-hetero) is 1. The van der Waals surface area contributed by atoms with E-state index in [1.165, 1.54) is 12.5 Å². The summed E-state index contributed by atoms with van der Waals surface area (Å²) in [5.74, 6) is -2.70. The number of fused-ring (bicyclic) bond motifs is 4. The molecule has 0 unspecified atom stereocenters. The van der Waals surface area contributed by atoms with Crippen molar-refractivity contribution < 1.29 is 58.8 Å². The van der Waals surface area contributed by atoms with E-state index in [9.17, 15) is 35.1 Å². The number of aliphatic hydroxyl groups is 5. The van der Waals surface area contributed by atoms with Crippen LogP contribution < -0.4 is 0 Å². The molecule has 8 rings (SSSR count). The normalized spacial score (nSPS) is 56.5. The molecular weight excluding hydrogens is 648 g/mol. The molecule has 5 aliphatic carbocycles. The van der Waals surface area contributed by atoms with E-state index in [-0.39, 0.29) is 40.5 Å². The van der Waals surface area contributed by atoms with Gasteiger partial charge in [0.15, 0.2) is 17.9 Å². The van der Waals surface area contributed by atoms with Crippen molar-refractivity contribution in [2.75, 3.05) is 6.61 Å². The summed E-state index contributed by atoms with van der Waals surface area (Å²) in [6.07, 6.45) is -2.46. The summed E-state index contributed by atoms with van der Waals surface area (Å²) >= 11 is 0. The van der Waals surface area contributed by atoms with Crippen molar-refractivity contribution in [2.45, 2.75) is 160 Å². The van der Waals surface area contributed by atoms with Crippen LogP contribution in [0.5, 0.6) is 0 Å². The van der Waals surface area contributed by atoms with Gasteiger partial charge in [-0.2, -0.15) is 0 Å². The second kappa shape index (κ2) is 10.6. The van der Waals surface area contributed by atoms with Crippen LogP contribution in [0.4, 0.5) is 0 Å². The Kier molecular flexibility index (Phi) is 7.53. The van der Waals surface area contributed by atoms with Gasteiger partial charge in [-0.3, -0.25) is 9.59 Å². The molecule has 0 aromatic heterocycles. The molecule has 0 amide bonds. The molecule has 12 nitrogen and oxygen atoms in total. The number of carbonyl (C=O) groups is 2. The minimum atomic E-state index is -1.58. The minimum Gasteiger partial charge on any atom is -0.462 e. The van der Waals surface area contributed by atoms with Gasteiger partial charge in [0.25, 0.3) is 0 Å². The Morgan fingerprint density at radius 2 is 1.66 bits per heavy atom. The van der Waals surface area contributed by atoms with Gasteiger partial charge in [0.2, 0.25) is 0 Å². The van der Waals surface area contributed by atoms with Gasteiger partial charge in [0, 0.05) is 35.5 Å². The fourth-order valence-corrected chi connectivity index (χ4v) is 13.4. The van der Waals surface area contributed by atoms with E-state index in [2.05, 4.69) is 33.8 Å². The summed E-state index contributed by atoms with van der Waals surface area (Å²) in [4.78, 5) is 26.5. The standard InChI is InChI=1S/C38H56O12/c1-17-28(27(44)30-33(5,6)50-30)49-38(45)15-34(7)21-10-9-20-32(3,4)22(48-31-26(43)25(42)24(41)19(14-39)47-31)11-12-36(20)16-37(21,36)13-23(46-18(2)40)35(34,8)29(17)38/h10,17,19-20,22-26,28-31,39,41-43,45H,9,11-16H2,1-8H3/t17-,19-,20+,22+,23-,24+,25+,26-,28+,29-,30-,31+,34+,35-,36-,37+,38+/m1/s1. The number of esters is 1. The molecule has 2 spiro atoms. The number of ketones is 1. The molecule has 280 valence electrons. The maximum absolute atomic E-state index is 13.6. The van der Waals surface area contributed by atoms with Crippen LogP contribution >= 0.6 is 0 Å². The highest BCUT2D eigenvalue weighted by atomic mass is 16.7. The topological polar surface area (TPSA) is 185 Å². The Balaban J connectivity index is 1.12. The monoisotopic (exact) mass is 704 g/mol. The molecule has 5 N–H and O–H groups in total. The molecule has 0 aromatic carbocycles. The fourth-order valence-electron chi connectivity index (χ4n) is 13.4. The second-order valence-electron chi connectivity index (χ2n) is 18.8. The lowest BCUT2D eigenvalue weighted by Gasteiger charge is -2.61. The van der Waals surface area contributed by atoms with Crippen molar-refractivity contribution in [3.8, 4) is 0 Å². The first kappa shape index (κ1) is 35.5. The van der Waals surface area contributed by atoms with E-state index >= 15 is 0 Å². The van der Waals surface area contributed by atoms with E-state index in [1.807, 2.05) is 20.8 Å². The van der Waals surface area contributed by atoms with Gasteiger partial charge in [0.1, 0.15) is 42.7 Å². The van der Waals surface area contributed by atoms with Crippen LogP contribution in [0.1, 0.15) is 93.9 Å². The number of hydrogen-bond acceptors (Lipinski definition) is 12. The van der Waals surface area contributed by atoms with Crippen LogP contribution in [0.25, 0.3) is 0 Å². The molecule has 3 heterocycles. The summed E-state index contributed by atoms with van der Waals surface area (Å²) in [5, 5.41) is 53.7. The number of rotatable bonds is 6. The van der Waals surface area contributed by atoms with Crippen LogP contribution in [0, 0.1) is 44.8 Å². The van der Waals surface area contributed by atoms with Crippen molar-refractivity contribution in [3.63, 3.8) is 0 Å². The number of epoxide rings is 1. The molecule has 4 saturated carbocycles. The van der Waals surface area contributed by atoms with Crippen molar-refractivity contribution in [3.05, 3.63) is 11.6 Å². The molecule has 0 bridgehead atoms. The first-order chi connectivity index (χ1) is 23.1. The van der Waals surface area contributed by atoms with Crippen molar-refractivity contribution in [1.29, 1.82) is 0 Å². The molecule has 3 aliphatic heterocycles. The molecule has 12 heteroatoms. The van der Waals surface area contributed by atoms with E-state index in [0.717, 1.165) is 19.3 Å². The number of hydrogen-bond donors (Lipinski definition) is 5. The van der Waals surface area contributed by atoms with Gasteiger partial charge < -0.3 is 49.2 Å². The smallest absolute Gasteiger partial charge is 0.302 e. The molecule has 7 fully saturated rings. The van der Waals surface area contributed by atoms with E-state index in [4.69, 9.17) is 23.7 Å². The predicted octanol–water partition coefficient (Wildman–Crippen LogP) is 2.15. The Morgan fingerprint density at radius 1 is 0.980 bits per heavy atom. The average Bonchev–Trinajstić information content (AvgIpc) is 3.83. The van der Waals surface area contributed by atoms with Gasteiger partial charge in [-0.25, -0.2) is 0 Å². The highest BCUT2D eigenvalue weighted by molar-refractivity contribution is 5.91. The maximum Gasteiger partial charge on any atom is 0.302 e. The summed E-state index contributed by atoms with van der Waals surface area (Å²) in [6.45, 7) is 15.4. The lowest BCUT2D eigenvalue weighted by atomic mass is 9.44. The molecule has 8 aliphatic rings. The maximum atomic E-state index is 13.6. The predicted molar refractivity (Wildman–Crippen MR) is 175 cm³/mol. The minimum absolute atomic E-state index is 0.0985. The van der Waals surface area contributed by atoms with E-state index in [0.29, 0.717) is 19.3 Å². The van der Waals surface area contributed by atoms with Gasteiger partial charge in [0.05, 0.1) is 18.3 Å². The van der Waals surface area contributed by atoms with Crippen molar-refractivity contribution in [1.82, 2.24) is 0 Å². The van der Waals surface area contributed by atoms with Gasteiger partial charge in [-0.15, -0.1) is 0 Å². The van der Waals surface area contributed by atoms with Crippen LogP contribution in [0.3, 0.4) is 0 Å². The van der Waals surface area contributed by atoms with E-state index in [1.54, 1.807) is 0 Å². The third-order valence-corrected chi connectivity index (χ3v) is 15.8. The highest BCUT2D eigenvalue weighted by Crippen LogP contribution is 2.89. The van der Waals surface area contributed by atoms with Crippen molar-refractivity contribution >= 4 is 11.8 Å². The molecule has 0 radical (unpaired) electrons. The molecule has 3 saturated heterocycles. The fraction of sp³-hybridized carbons (Fsp3) is 0.895. The summed E-state index contributed by atoms with van der Waals surface area (Å²) in [6, 6.07) is 0. The first-order valence-corrected chi connectivity index (χ1v) is 18.6. The quantitative estimate of drug-likeness (QED) is 0.155. The Labute approximate surface area is 293 Å². The average molecular weight is 705 g/mol. The number of ether oxygens (including phenoxy) is 5. The van der Waals surface area contributed by atoms with Gasteiger partial charge in [-0.05, 0) is 68.6 Å². The van der Waals surface area contributed by atoms with Gasteiger partial charge in [-0.1, -0.05) is 46.3 Å². The zero-order valence-corrected chi connectivity index (χ0v) is 30.5. The molecule has 17 atom stereocenters. The second-order valence-corrected chi connectivity index (χ2v) is 18.8. The molecule has 50 heavy (non-hydrogen) atoms. The number of carbonyl (C=O) groups excluding carboxylic acids is 2. The first-order valence-electron chi connectivity index (χ1n) is 18.6.